The maximum Gasteiger partial charge on any atom is 0.302 e. The summed E-state index contributed by atoms with van der Waals surface area (Å²) in [6, 6.07) is 0. The van der Waals surface area contributed by atoms with Crippen molar-refractivity contribution >= 4 is 5.97 Å². The molecule has 0 rings (SSSR count). The fourth-order valence-corrected chi connectivity index (χ4v) is 0.897. The molecule has 0 aromatic carbocycles. The lowest BCUT2D eigenvalue weighted by atomic mass is 10.2. The number of rotatable bonds is 5. The van der Waals surface area contributed by atoms with Crippen LogP contribution in [0.5, 0.6) is 0 Å². The van der Waals surface area contributed by atoms with Crippen molar-refractivity contribution in [3.05, 3.63) is 0 Å². The summed E-state index contributed by atoms with van der Waals surface area (Å²) in [7, 11) is 3.14. The predicted molar refractivity (Wildman–Crippen MR) is 43.9 cm³/mol. The van der Waals surface area contributed by atoms with Gasteiger partial charge in [0.1, 0.15) is 12.2 Å². The molecule has 4 nitrogen and oxygen atoms in total. The van der Waals surface area contributed by atoms with Crippen molar-refractivity contribution in [2.45, 2.75) is 26.1 Å². The van der Waals surface area contributed by atoms with Crippen LogP contribution in [0.4, 0.5) is 0 Å². The number of carbonyl (C=O) groups excluding carboxylic acids is 1. The summed E-state index contributed by atoms with van der Waals surface area (Å²) in [5.74, 6) is -0.305. The molecular formula is C8H16O4. The molecule has 12 heavy (non-hydrogen) atoms. The minimum atomic E-state index is -0.305. The van der Waals surface area contributed by atoms with Gasteiger partial charge in [0.15, 0.2) is 0 Å². The average Bonchev–Trinajstić information content (AvgIpc) is 1.98. The minimum absolute atomic E-state index is 0.195. The largest absolute Gasteiger partial charge is 0.460 e. The second kappa shape index (κ2) is 5.97. The van der Waals surface area contributed by atoms with Crippen LogP contribution in [0.25, 0.3) is 0 Å². The van der Waals surface area contributed by atoms with Gasteiger partial charge in [-0.1, -0.05) is 0 Å². The first-order chi connectivity index (χ1) is 5.61. The Morgan fingerprint density at radius 1 is 1.42 bits per heavy atom. The van der Waals surface area contributed by atoms with E-state index >= 15 is 0 Å². The highest BCUT2D eigenvalue weighted by Crippen LogP contribution is 2.03. The molecular weight excluding hydrogens is 160 g/mol. The zero-order valence-electron chi connectivity index (χ0n) is 7.99. The van der Waals surface area contributed by atoms with Crippen LogP contribution in [-0.4, -0.2) is 39.0 Å². The fraction of sp³-hybridized carbons (Fsp3) is 0.875. The van der Waals surface area contributed by atoms with Gasteiger partial charge < -0.3 is 14.2 Å². The van der Waals surface area contributed by atoms with Crippen molar-refractivity contribution in [1.29, 1.82) is 0 Å². The van der Waals surface area contributed by atoms with Crippen LogP contribution in [0.15, 0.2) is 0 Å². The molecule has 0 amide bonds. The van der Waals surface area contributed by atoms with Crippen LogP contribution in [0.1, 0.15) is 13.8 Å². The van der Waals surface area contributed by atoms with Crippen molar-refractivity contribution in [2.24, 2.45) is 0 Å². The normalized spacial score (nSPS) is 15.3. The Hall–Kier alpha value is -0.610. The van der Waals surface area contributed by atoms with E-state index in [1.807, 2.05) is 0 Å². The van der Waals surface area contributed by atoms with E-state index < -0.39 is 0 Å². The molecule has 0 saturated heterocycles. The minimum Gasteiger partial charge on any atom is -0.460 e. The summed E-state index contributed by atoms with van der Waals surface area (Å²) in [5, 5.41) is 0. The summed E-state index contributed by atoms with van der Waals surface area (Å²) < 4.78 is 14.8. The Labute approximate surface area is 72.8 Å². The third kappa shape index (κ3) is 4.31. The van der Waals surface area contributed by atoms with Gasteiger partial charge in [-0.2, -0.15) is 0 Å². The van der Waals surface area contributed by atoms with Crippen LogP contribution in [-0.2, 0) is 19.0 Å². The van der Waals surface area contributed by atoms with Crippen molar-refractivity contribution in [2.75, 3.05) is 20.8 Å². The van der Waals surface area contributed by atoms with Crippen LogP contribution in [0.3, 0.4) is 0 Å². The summed E-state index contributed by atoms with van der Waals surface area (Å²) in [4.78, 5) is 10.6. The predicted octanol–water partition coefficient (Wildman–Crippen LogP) is 0.599. The van der Waals surface area contributed by atoms with Crippen LogP contribution in [0.2, 0.25) is 0 Å². The molecule has 0 aliphatic carbocycles. The Bertz CT molecular complexity index is 135. The van der Waals surface area contributed by atoms with E-state index in [9.17, 15) is 4.79 Å². The fourth-order valence-electron chi connectivity index (χ4n) is 0.897. The molecule has 0 aromatic rings. The second-order valence-corrected chi connectivity index (χ2v) is 2.54. The van der Waals surface area contributed by atoms with E-state index in [2.05, 4.69) is 0 Å². The highest BCUT2D eigenvalue weighted by Gasteiger charge is 2.18. The summed E-state index contributed by atoms with van der Waals surface area (Å²) in [6.07, 6.45) is -0.466. The first-order valence-corrected chi connectivity index (χ1v) is 3.80. The molecule has 0 heterocycles. The van der Waals surface area contributed by atoms with Gasteiger partial charge in [-0.25, -0.2) is 0 Å². The van der Waals surface area contributed by atoms with E-state index in [1.54, 1.807) is 21.1 Å². The third-order valence-electron chi connectivity index (χ3n) is 1.51. The quantitative estimate of drug-likeness (QED) is 0.575. The van der Waals surface area contributed by atoms with E-state index in [0.717, 1.165) is 0 Å². The number of hydrogen-bond donors (Lipinski definition) is 0. The molecule has 0 aromatic heterocycles. The Morgan fingerprint density at radius 2 is 2.00 bits per heavy atom. The van der Waals surface area contributed by atoms with E-state index in [4.69, 9.17) is 14.2 Å². The SMILES string of the molecule is COCC(OC)C(C)OC(C)=O. The second-order valence-electron chi connectivity index (χ2n) is 2.54. The van der Waals surface area contributed by atoms with Gasteiger partial charge in [0.25, 0.3) is 0 Å². The van der Waals surface area contributed by atoms with Gasteiger partial charge in [-0.05, 0) is 6.92 Å². The van der Waals surface area contributed by atoms with E-state index in [-0.39, 0.29) is 18.2 Å². The zero-order chi connectivity index (χ0) is 9.56. The van der Waals surface area contributed by atoms with Crippen molar-refractivity contribution in [1.82, 2.24) is 0 Å². The Morgan fingerprint density at radius 3 is 2.33 bits per heavy atom. The molecule has 72 valence electrons. The van der Waals surface area contributed by atoms with Gasteiger partial charge in [0.2, 0.25) is 0 Å². The average molecular weight is 176 g/mol. The van der Waals surface area contributed by atoms with E-state index in [1.165, 1.54) is 6.92 Å². The van der Waals surface area contributed by atoms with Gasteiger partial charge in [-0.15, -0.1) is 0 Å². The molecule has 0 spiro atoms. The first-order valence-electron chi connectivity index (χ1n) is 3.80. The lowest BCUT2D eigenvalue weighted by Crippen LogP contribution is -2.33. The monoisotopic (exact) mass is 176 g/mol. The molecule has 0 N–H and O–H groups in total. The topological polar surface area (TPSA) is 44.8 Å². The van der Waals surface area contributed by atoms with Gasteiger partial charge in [0.05, 0.1) is 6.61 Å². The molecule has 0 aliphatic rings. The summed E-state index contributed by atoms with van der Waals surface area (Å²) in [5.41, 5.74) is 0. The number of esters is 1. The smallest absolute Gasteiger partial charge is 0.302 e. The first kappa shape index (κ1) is 11.4. The number of carbonyl (C=O) groups is 1. The maximum absolute atomic E-state index is 10.6. The Kier molecular flexibility index (Phi) is 5.66. The molecule has 0 bridgehead atoms. The molecule has 2 unspecified atom stereocenters. The lowest BCUT2D eigenvalue weighted by molar-refractivity contribution is -0.154. The van der Waals surface area contributed by atoms with Crippen molar-refractivity contribution in [3.8, 4) is 0 Å². The highest BCUT2D eigenvalue weighted by atomic mass is 16.6. The molecule has 4 heteroatoms. The van der Waals surface area contributed by atoms with Crippen molar-refractivity contribution < 1.29 is 19.0 Å². The molecule has 0 fully saturated rings. The summed E-state index contributed by atoms with van der Waals surface area (Å²) >= 11 is 0. The van der Waals surface area contributed by atoms with Gasteiger partial charge in [-0.3, -0.25) is 4.79 Å². The molecule has 0 saturated carbocycles. The third-order valence-corrected chi connectivity index (χ3v) is 1.51. The molecule has 0 radical (unpaired) electrons. The number of hydrogen-bond acceptors (Lipinski definition) is 4. The zero-order valence-corrected chi connectivity index (χ0v) is 7.99. The van der Waals surface area contributed by atoms with Gasteiger partial charge in [0, 0.05) is 21.1 Å². The lowest BCUT2D eigenvalue weighted by Gasteiger charge is -2.21. The maximum atomic E-state index is 10.6. The van der Waals surface area contributed by atoms with Crippen LogP contribution in [0, 0.1) is 0 Å². The van der Waals surface area contributed by atoms with Crippen molar-refractivity contribution in [3.63, 3.8) is 0 Å². The molecule has 0 aliphatic heterocycles. The summed E-state index contributed by atoms with van der Waals surface area (Å²) in [6.45, 7) is 3.57. The van der Waals surface area contributed by atoms with Crippen LogP contribution < -0.4 is 0 Å². The van der Waals surface area contributed by atoms with Gasteiger partial charge >= 0.3 is 5.97 Å². The Balaban J connectivity index is 3.84. The number of methoxy groups -OCH3 is 2. The van der Waals surface area contributed by atoms with E-state index in [0.29, 0.717) is 6.61 Å². The highest BCUT2D eigenvalue weighted by molar-refractivity contribution is 5.66. The number of ether oxygens (including phenoxy) is 3. The van der Waals surface area contributed by atoms with Crippen LogP contribution >= 0.6 is 0 Å². The molecule has 2 atom stereocenters. The standard InChI is InChI=1S/C8H16O4/c1-6(12-7(2)9)8(11-4)5-10-3/h6,8H,5H2,1-4H3.